The predicted molar refractivity (Wildman–Crippen MR) is 30.9 cm³/mol. The van der Waals surface area contributed by atoms with Crippen molar-refractivity contribution in [2.45, 2.75) is 6.92 Å². The van der Waals surface area contributed by atoms with Crippen LogP contribution in [0.15, 0.2) is 11.1 Å². The minimum Gasteiger partial charge on any atom is -0.298 e. The SMILES string of the molecule is CC(C=O)=C(C=O)C=O. The predicted octanol–water partition coefficient (Wildman–Crippen LogP) is -0.100. The van der Waals surface area contributed by atoms with Gasteiger partial charge in [-0.2, -0.15) is 0 Å². The highest BCUT2D eigenvalue weighted by Gasteiger charge is 1.95. The first-order valence-electron chi connectivity index (χ1n) is 2.32. The molecule has 3 nitrogen and oxygen atoms in total. The normalized spacial score (nSPS) is 7.67. The molecule has 0 spiro atoms. The highest BCUT2D eigenvalue weighted by molar-refractivity contribution is 6.04. The minimum absolute atomic E-state index is 0.0926. The van der Waals surface area contributed by atoms with Gasteiger partial charge in [0.15, 0.2) is 12.6 Å². The molecule has 0 amide bonds. The molecule has 0 aromatic rings. The van der Waals surface area contributed by atoms with Crippen molar-refractivity contribution in [1.29, 1.82) is 0 Å². The van der Waals surface area contributed by atoms with Gasteiger partial charge in [0, 0.05) is 5.57 Å². The van der Waals surface area contributed by atoms with E-state index < -0.39 is 0 Å². The summed E-state index contributed by atoms with van der Waals surface area (Å²) in [4.78, 5) is 29.7. The molecule has 3 heteroatoms. The van der Waals surface area contributed by atoms with Crippen LogP contribution in [0.1, 0.15) is 6.92 Å². The second kappa shape index (κ2) is 3.72. The summed E-state index contributed by atoms with van der Waals surface area (Å²) in [6.07, 6.45) is 1.19. The van der Waals surface area contributed by atoms with E-state index >= 15 is 0 Å². The molecule has 0 aromatic carbocycles. The van der Waals surface area contributed by atoms with Crippen LogP contribution in [0, 0.1) is 0 Å². The van der Waals surface area contributed by atoms with Gasteiger partial charge in [-0.3, -0.25) is 14.4 Å². The largest absolute Gasteiger partial charge is 0.298 e. The van der Waals surface area contributed by atoms with Gasteiger partial charge in [-0.15, -0.1) is 0 Å². The Kier molecular flexibility index (Phi) is 3.20. The summed E-state index contributed by atoms with van der Waals surface area (Å²) in [5.74, 6) is 0. The summed E-state index contributed by atoms with van der Waals surface area (Å²) in [7, 11) is 0. The van der Waals surface area contributed by atoms with Crippen molar-refractivity contribution < 1.29 is 14.4 Å². The van der Waals surface area contributed by atoms with Crippen LogP contribution in [0.25, 0.3) is 0 Å². The summed E-state index contributed by atoms with van der Waals surface area (Å²) in [5.41, 5.74) is 0.0741. The van der Waals surface area contributed by atoms with Crippen molar-refractivity contribution in [1.82, 2.24) is 0 Å². The average Bonchev–Trinajstić information content (AvgIpc) is 1.90. The van der Waals surface area contributed by atoms with Crippen LogP contribution in [-0.2, 0) is 14.4 Å². The average molecular weight is 126 g/mol. The Morgan fingerprint density at radius 1 is 1.00 bits per heavy atom. The van der Waals surface area contributed by atoms with Gasteiger partial charge in [0.2, 0.25) is 0 Å². The summed E-state index contributed by atoms with van der Waals surface area (Å²) in [6, 6.07) is 0. The van der Waals surface area contributed by atoms with Crippen molar-refractivity contribution in [2.75, 3.05) is 0 Å². The number of carbonyl (C=O) groups excluding carboxylic acids is 3. The third-order valence-electron chi connectivity index (χ3n) is 0.886. The van der Waals surface area contributed by atoms with Crippen molar-refractivity contribution in [3.8, 4) is 0 Å². The summed E-state index contributed by atoms with van der Waals surface area (Å²) in [5, 5.41) is 0. The molecule has 0 saturated carbocycles. The number of rotatable bonds is 3. The molecule has 0 aliphatic rings. The number of hydrogen-bond acceptors (Lipinski definition) is 3. The van der Waals surface area contributed by atoms with Crippen LogP contribution < -0.4 is 0 Å². The molecular weight excluding hydrogens is 120 g/mol. The maximum absolute atomic E-state index is 9.89. The van der Waals surface area contributed by atoms with Crippen LogP contribution in [0.4, 0.5) is 0 Å². The topological polar surface area (TPSA) is 51.2 Å². The molecule has 0 bridgehead atoms. The second-order valence-corrected chi connectivity index (χ2v) is 1.49. The Morgan fingerprint density at radius 3 is 1.56 bits per heavy atom. The van der Waals surface area contributed by atoms with E-state index in [4.69, 9.17) is 0 Å². The van der Waals surface area contributed by atoms with E-state index in [1.165, 1.54) is 6.92 Å². The molecule has 0 N–H and O–H groups in total. The van der Waals surface area contributed by atoms with E-state index in [1.807, 2.05) is 0 Å². The lowest BCUT2D eigenvalue weighted by Gasteiger charge is -1.85. The number of allylic oxidation sites excluding steroid dienone is 2. The Bertz CT molecular complexity index is 157. The first kappa shape index (κ1) is 7.75. The molecule has 0 unspecified atom stereocenters. The lowest BCUT2D eigenvalue weighted by Crippen LogP contribution is -1.91. The molecule has 0 fully saturated rings. The first-order chi connectivity index (χ1) is 4.26. The number of aldehydes is 3. The molecule has 0 rings (SSSR count). The third-order valence-corrected chi connectivity index (χ3v) is 0.886. The first-order valence-corrected chi connectivity index (χ1v) is 2.32. The van der Waals surface area contributed by atoms with Crippen molar-refractivity contribution in [3.05, 3.63) is 11.1 Å². The molecule has 0 aromatic heterocycles. The Hall–Kier alpha value is -1.25. The summed E-state index contributed by atoms with van der Waals surface area (Å²) < 4.78 is 0. The molecular formula is C6H6O3. The highest BCUT2D eigenvalue weighted by Crippen LogP contribution is 1.92. The fourth-order valence-corrected chi connectivity index (χ4v) is 0.282. The fraction of sp³-hybridized carbons (Fsp3) is 0.167. The number of hydrogen-bond donors (Lipinski definition) is 0. The van der Waals surface area contributed by atoms with E-state index in [0.29, 0.717) is 18.9 Å². The van der Waals surface area contributed by atoms with Gasteiger partial charge in [0.25, 0.3) is 0 Å². The van der Waals surface area contributed by atoms with Gasteiger partial charge in [-0.05, 0) is 6.92 Å². The molecule has 9 heavy (non-hydrogen) atoms. The van der Waals surface area contributed by atoms with Crippen LogP contribution in [0.3, 0.4) is 0 Å². The fourth-order valence-electron chi connectivity index (χ4n) is 0.282. The molecule has 48 valence electrons. The maximum Gasteiger partial charge on any atom is 0.153 e. The van der Waals surface area contributed by atoms with Crippen LogP contribution in [0.2, 0.25) is 0 Å². The van der Waals surface area contributed by atoms with Gasteiger partial charge in [0.1, 0.15) is 6.29 Å². The summed E-state index contributed by atoms with van der Waals surface area (Å²) in [6.45, 7) is 1.41. The van der Waals surface area contributed by atoms with E-state index in [0.717, 1.165) is 0 Å². The van der Waals surface area contributed by atoms with Gasteiger partial charge in [0.05, 0.1) is 5.57 Å². The highest BCUT2D eigenvalue weighted by atomic mass is 16.1. The minimum atomic E-state index is -0.0926. The van der Waals surface area contributed by atoms with E-state index in [2.05, 4.69) is 0 Å². The lowest BCUT2D eigenvalue weighted by molar-refractivity contribution is -0.111. The van der Waals surface area contributed by atoms with Crippen LogP contribution in [0.5, 0.6) is 0 Å². The van der Waals surface area contributed by atoms with E-state index in [9.17, 15) is 14.4 Å². The quantitative estimate of drug-likeness (QED) is 0.229. The van der Waals surface area contributed by atoms with E-state index in [1.54, 1.807) is 0 Å². The van der Waals surface area contributed by atoms with Crippen molar-refractivity contribution >= 4 is 18.9 Å². The van der Waals surface area contributed by atoms with Crippen LogP contribution in [-0.4, -0.2) is 18.9 Å². The Morgan fingerprint density at radius 2 is 1.44 bits per heavy atom. The molecule has 0 heterocycles. The Labute approximate surface area is 52.4 Å². The number of carbonyl (C=O) groups is 3. The zero-order chi connectivity index (χ0) is 7.28. The molecule has 0 saturated heterocycles. The molecule has 0 aliphatic heterocycles. The zero-order valence-corrected chi connectivity index (χ0v) is 4.96. The third kappa shape index (κ3) is 1.99. The zero-order valence-electron chi connectivity index (χ0n) is 4.96. The summed E-state index contributed by atoms with van der Waals surface area (Å²) >= 11 is 0. The van der Waals surface area contributed by atoms with Crippen molar-refractivity contribution in [3.63, 3.8) is 0 Å². The van der Waals surface area contributed by atoms with Gasteiger partial charge in [-0.1, -0.05) is 0 Å². The van der Waals surface area contributed by atoms with Gasteiger partial charge >= 0.3 is 0 Å². The Balaban J connectivity index is 4.56. The molecule has 0 radical (unpaired) electrons. The van der Waals surface area contributed by atoms with Gasteiger partial charge < -0.3 is 0 Å². The molecule has 0 atom stereocenters. The monoisotopic (exact) mass is 126 g/mol. The smallest absolute Gasteiger partial charge is 0.153 e. The molecule has 0 aliphatic carbocycles. The van der Waals surface area contributed by atoms with E-state index in [-0.39, 0.29) is 11.1 Å². The van der Waals surface area contributed by atoms with Crippen molar-refractivity contribution in [2.24, 2.45) is 0 Å². The van der Waals surface area contributed by atoms with Gasteiger partial charge in [-0.25, -0.2) is 0 Å². The van der Waals surface area contributed by atoms with Crippen LogP contribution >= 0.6 is 0 Å². The standard InChI is InChI=1S/C6H6O3/c1-5(2-7)6(3-8)4-9/h2-4H,1H3. The lowest BCUT2D eigenvalue weighted by atomic mass is 10.2. The second-order valence-electron chi connectivity index (χ2n) is 1.49. The maximum atomic E-state index is 9.89.